The van der Waals surface area contributed by atoms with Crippen molar-refractivity contribution in [2.24, 2.45) is 21.5 Å². The van der Waals surface area contributed by atoms with Crippen LogP contribution in [-0.2, 0) is 16.0 Å². The summed E-state index contributed by atoms with van der Waals surface area (Å²) in [5.41, 5.74) is 11.3. The Morgan fingerprint density at radius 1 is 0.971 bits per heavy atom. The second-order valence-electron chi connectivity index (χ2n) is 6.30. The first kappa shape index (κ1) is 31.4. The number of aryl methyl sites for hydroxylation is 1. The Hall–Kier alpha value is -3.57. The third kappa shape index (κ3) is 20.7. The van der Waals surface area contributed by atoms with Crippen LogP contribution in [0.25, 0.3) is 0 Å². The van der Waals surface area contributed by atoms with Gasteiger partial charge in [0.05, 0.1) is 5.69 Å². The van der Waals surface area contributed by atoms with Crippen LogP contribution in [0.15, 0.2) is 27.5 Å². The normalized spacial score (nSPS) is 12.7. The van der Waals surface area contributed by atoms with Crippen molar-refractivity contribution in [2.75, 3.05) is 25.0 Å². The van der Waals surface area contributed by atoms with Crippen LogP contribution in [0.3, 0.4) is 0 Å². The number of alkyl halides is 6. The molecule has 0 spiro atoms. The van der Waals surface area contributed by atoms with Gasteiger partial charge in [0.15, 0.2) is 17.1 Å². The van der Waals surface area contributed by atoms with Crippen LogP contribution in [0.4, 0.5) is 31.5 Å². The van der Waals surface area contributed by atoms with Crippen LogP contribution in [0, 0.1) is 0 Å². The molecule has 0 bridgehead atoms. The SMILES string of the molecule is N/C(=N/CC(F)(F)F)NCCCCc1csc(N/C(N)=N\CC(F)(F)F)n1.O=C(O)/C=C\C(=O)O. The summed E-state index contributed by atoms with van der Waals surface area (Å²) >= 11 is 1.16. The number of aliphatic imine (C=N–C) groups is 2. The monoisotopic (exact) mass is 535 g/mol. The fraction of sp³-hybridized carbons (Fsp3) is 0.471. The first-order chi connectivity index (χ1) is 16.1. The maximum absolute atomic E-state index is 12.0. The van der Waals surface area contributed by atoms with Crippen molar-refractivity contribution in [3.8, 4) is 0 Å². The van der Waals surface area contributed by atoms with Gasteiger partial charge in [-0.3, -0.25) is 0 Å². The summed E-state index contributed by atoms with van der Waals surface area (Å²) in [5, 5.41) is 22.7. The van der Waals surface area contributed by atoms with Gasteiger partial charge in [0.1, 0.15) is 13.1 Å². The van der Waals surface area contributed by atoms with Crippen LogP contribution in [-0.4, -0.2) is 71.0 Å². The van der Waals surface area contributed by atoms with E-state index in [0.717, 1.165) is 11.3 Å². The molecule has 0 amide bonds. The number of hydrogen-bond donors (Lipinski definition) is 6. The van der Waals surface area contributed by atoms with E-state index in [1.807, 2.05) is 0 Å². The lowest BCUT2D eigenvalue weighted by atomic mass is 10.2. The van der Waals surface area contributed by atoms with Crippen LogP contribution in [0.2, 0.25) is 0 Å². The minimum Gasteiger partial charge on any atom is -0.478 e. The van der Waals surface area contributed by atoms with Crippen LogP contribution < -0.4 is 22.1 Å². The molecule has 0 aliphatic rings. The van der Waals surface area contributed by atoms with E-state index in [4.69, 9.17) is 21.7 Å². The quantitative estimate of drug-likeness (QED) is 0.0855. The van der Waals surface area contributed by atoms with Gasteiger partial charge >= 0.3 is 24.3 Å². The average molecular weight is 535 g/mol. The number of aromatic nitrogens is 1. The minimum atomic E-state index is -4.44. The molecule has 1 aromatic rings. The number of aliphatic carboxylic acids is 2. The largest absolute Gasteiger partial charge is 0.478 e. The molecule has 0 aliphatic heterocycles. The van der Waals surface area contributed by atoms with Crippen molar-refractivity contribution in [3.63, 3.8) is 0 Å². The maximum Gasteiger partial charge on any atom is 0.408 e. The highest BCUT2D eigenvalue weighted by Gasteiger charge is 2.27. The lowest BCUT2D eigenvalue weighted by Crippen LogP contribution is -2.33. The van der Waals surface area contributed by atoms with Crippen molar-refractivity contribution in [1.82, 2.24) is 10.3 Å². The molecule has 198 valence electrons. The molecular formula is C17H23F6N7O4S. The first-order valence-electron chi connectivity index (χ1n) is 9.40. The fourth-order valence-corrected chi connectivity index (χ4v) is 2.58. The Kier molecular flexibility index (Phi) is 13.8. The van der Waals surface area contributed by atoms with Gasteiger partial charge < -0.3 is 32.3 Å². The van der Waals surface area contributed by atoms with Gasteiger partial charge in [0, 0.05) is 24.1 Å². The predicted octanol–water partition coefficient (Wildman–Crippen LogP) is 1.93. The molecule has 8 N–H and O–H groups in total. The number of nitrogens with one attached hydrogen (secondary N) is 2. The topological polar surface area (TPSA) is 188 Å². The molecule has 0 fully saturated rings. The molecule has 11 nitrogen and oxygen atoms in total. The van der Waals surface area contributed by atoms with Crippen LogP contribution in [0.1, 0.15) is 18.5 Å². The number of carbonyl (C=O) groups is 2. The minimum absolute atomic E-state index is 0.277. The summed E-state index contributed by atoms with van der Waals surface area (Å²) in [6, 6.07) is 0. The second-order valence-corrected chi connectivity index (χ2v) is 7.15. The first-order valence-corrected chi connectivity index (χ1v) is 10.3. The van der Waals surface area contributed by atoms with E-state index in [2.05, 4.69) is 25.6 Å². The second kappa shape index (κ2) is 15.4. The number of anilines is 1. The number of hydrogen-bond acceptors (Lipinski definition) is 6. The van der Waals surface area contributed by atoms with Gasteiger partial charge in [-0.1, -0.05) is 0 Å². The van der Waals surface area contributed by atoms with Gasteiger partial charge in [-0.05, 0) is 19.3 Å². The lowest BCUT2D eigenvalue weighted by Gasteiger charge is -2.06. The molecule has 35 heavy (non-hydrogen) atoms. The molecule has 1 aromatic heterocycles. The summed E-state index contributed by atoms with van der Waals surface area (Å²) < 4.78 is 72.0. The molecule has 0 radical (unpaired) electrons. The zero-order valence-corrected chi connectivity index (χ0v) is 18.7. The molecule has 1 rings (SSSR count). The zero-order chi connectivity index (χ0) is 27.1. The van der Waals surface area contributed by atoms with E-state index >= 15 is 0 Å². The summed E-state index contributed by atoms with van der Waals surface area (Å²) in [6.45, 7) is -2.37. The Balaban J connectivity index is 0.00000124. The van der Waals surface area contributed by atoms with Gasteiger partial charge in [0.2, 0.25) is 0 Å². The summed E-state index contributed by atoms with van der Waals surface area (Å²) in [5.74, 6) is -3.17. The molecular weight excluding hydrogens is 512 g/mol. The van der Waals surface area contributed by atoms with Crippen LogP contribution in [0.5, 0.6) is 0 Å². The number of guanidine groups is 2. The van der Waals surface area contributed by atoms with E-state index in [9.17, 15) is 35.9 Å². The van der Waals surface area contributed by atoms with E-state index in [-0.39, 0.29) is 11.9 Å². The van der Waals surface area contributed by atoms with Crippen LogP contribution >= 0.6 is 11.3 Å². The Morgan fingerprint density at radius 3 is 1.97 bits per heavy atom. The smallest absolute Gasteiger partial charge is 0.408 e. The van der Waals surface area contributed by atoms with Crippen molar-refractivity contribution >= 4 is 40.3 Å². The molecule has 0 atom stereocenters. The van der Waals surface area contributed by atoms with Gasteiger partial charge in [-0.2, -0.15) is 26.3 Å². The maximum atomic E-state index is 12.0. The van der Waals surface area contributed by atoms with Gasteiger partial charge in [-0.25, -0.2) is 24.6 Å². The lowest BCUT2D eigenvalue weighted by molar-refractivity contribution is -0.134. The molecule has 1 heterocycles. The summed E-state index contributed by atoms with van der Waals surface area (Å²) in [6.07, 6.45) is -5.87. The van der Waals surface area contributed by atoms with E-state index < -0.39 is 37.4 Å². The molecule has 0 unspecified atom stereocenters. The third-order valence-electron chi connectivity index (χ3n) is 3.18. The van der Waals surface area contributed by atoms with E-state index in [1.165, 1.54) is 0 Å². The predicted molar refractivity (Wildman–Crippen MR) is 116 cm³/mol. The van der Waals surface area contributed by atoms with E-state index in [0.29, 0.717) is 48.8 Å². The Bertz CT molecular complexity index is 884. The zero-order valence-electron chi connectivity index (χ0n) is 17.9. The molecule has 0 aliphatic carbocycles. The number of carboxylic acid groups (broad SMARTS) is 2. The number of unbranched alkanes of at least 4 members (excludes halogenated alkanes) is 1. The number of halogens is 6. The highest BCUT2D eigenvalue weighted by atomic mass is 32.1. The Morgan fingerprint density at radius 2 is 1.49 bits per heavy atom. The van der Waals surface area contributed by atoms with Crippen molar-refractivity contribution in [1.29, 1.82) is 0 Å². The third-order valence-corrected chi connectivity index (χ3v) is 3.98. The molecule has 0 aromatic carbocycles. The summed E-state index contributed by atoms with van der Waals surface area (Å²) in [4.78, 5) is 29.6. The highest BCUT2D eigenvalue weighted by Crippen LogP contribution is 2.18. The fourth-order valence-electron chi connectivity index (χ4n) is 1.82. The van der Waals surface area contributed by atoms with Crippen molar-refractivity contribution < 1.29 is 46.1 Å². The van der Waals surface area contributed by atoms with Gasteiger partial charge in [0.25, 0.3) is 0 Å². The number of carboxylic acids is 2. The number of thiazole rings is 1. The highest BCUT2D eigenvalue weighted by molar-refractivity contribution is 7.13. The summed E-state index contributed by atoms with van der Waals surface area (Å²) in [7, 11) is 0. The van der Waals surface area contributed by atoms with Crippen molar-refractivity contribution in [3.05, 3.63) is 23.2 Å². The molecule has 18 heteroatoms. The van der Waals surface area contributed by atoms with E-state index in [1.54, 1.807) is 5.38 Å². The standard InChI is InChI=1S/C13H19F6N7S.C4H4O4/c14-12(15,16)6-23-9(20)22-4-2-1-3-8-5-27-11(25-8)26-10(21)24-7-13(17,18)19;5-3(6)1-2-4(7)8/h5H,1-4,6-7H2,(H3,20,22,23)(H3,21,24,25,26);1-2H,(H,5,6)(H,7,8)/b;2-1-. The Labute approximate surface area is 198 Å². The number of nitrogens with two attached hydrogens (primary N) is 2. The number of rotatable bonds is 10. The van der Waals surface area contributed by atoms with Gasteiger partial charge in [-0.15, -0.1) is 11.3 Å². The van der Waals surface area contributed by atoms with Crippen molar-refractivity contribution in [2.45, 2.75) is 31.6 Å². The number of nitrogens with zero attached hydrogens (tertiary/aromatic N) is 3. The average Bonchev–Trinajstić information content (AvgIpc) is 3.15. The molecule has 0 saturated heterocycles. The molecule has 0 saturated carbocycles.